The summed E-state index contributed by atoms with van der Waals surface area (Å²) < 4.78 is 22.3. The average Bonchev–Trinajstić information content (AvgIpc) is 3.05. The maximum Gasteiger partial charge on any atom is 0.472 e. The van der Waals surface area contributed by atoms with Gasteiger partial charge in [-0.3, -0.25) is 13.9 Å². The predicted octanol–water partition coefficient (Wildman–Crippen LogP) is 10.3. The molecule has 0 rings (SSSR count). The van der Waals surface area contributed by atoms with Gasteiger partial charge in [0.1, 0.15) is 0 Å². The number of hydrogen-bond acceptors (Lipinski definition) is 7. The van der Waals surface area contributed by atoms with Gasteiger partial charge in [-0.1, -0.05) is 181 Å². The molecule has 0 aliphatic rings. The first-order chi connectivity index (χ1) is 23.0. The molecule has 0 aliphatic heterocycles. The number of unbranched alkanes of at least 4 members (excludes halogenated alkanes) is 26. The van der Waals surface area contributed by atoms with Crippen LogP contribution in [0.4, 0.5) is 0 Å². The molecule has 0 aromatic heterocycles. The van der Waals surface area contributed by atoms with E-state index in [2.05, 4.69) is 13.8 Å². The molecule has 286 valence electrons. The Balaban J connectivity index is 0. The Morgan fingerprint density at radius 1 is 0.404 bits per heavy atom. The fourth-order valence-electron chi connectivity index (χ4n) is 5.75. The van der Waals surface area contributed by atoms with Crippen molar-refractivity contribution in [2.45, 2.75) is 194 Å². The van der Waals surface area contributed by atoms with E-state index < -0.39 is 7.82 Å². The van der Waals surface area contributed by atoms with Crippen LogP contribution in [0.1, 0.15) is 194 Å². The maximum atomic E-state index is 12.0. The molecular weight excluding hydrogens is 613 g/mol. The van der Waals surface area contributed by atoms with Crippen LogP contribution in [-0.4, -0.2) is 77.8 Å². The van der Waals surface area contributed by atoms with Crippen molar-refractivity contribution in [2.24, 2.45) is 0 Å². The molecule has 0 amide bonds. The van der Waals surface area contributed by atoms with Gasteiger partial charge >= 0.3 is 7.82 Å². The maximum absolute atomic E-state index is 12.0. The lowest BCUT2D eigenvalue weighted by atomic mass is 10.0. The van der Waals surface area contributed by atoms with Crippen molar-refractivity contribution in [1.29, 1.82) is 0 Å². The Labute approximate surface area is 292 Å². The second-order valence-corrected chi connectivity index (χ2v) is 14.8. The number of phosphoric ester groups is 1. The van der Waals surface area contributed by atoms with E-state index in [1.807, 2.05) is 0 Å². The van der Waals surface area contributed by atoms with E-state index >= 15 is 0 Å². The molecule has 4 N–H and O–H groups in total. The first-order valence-corrected chi connectivity index (χ1v) is 21.6. The van der Waals surface area contributed by atoms with Crippen molar-refractivity contribution in [3.8, 4) is 0 Å². The fourth-order valence-corrected chi connectivity index (χ4v) is 6.54. The van der Waals surface area contributed by atoms with E-state index in [1.54, 1.807) is 4.90 Å². The molecule has 0 aromatic carbocycles. The van der Waals surface area contributed by atoms with Gasteiger partial charge in [0.25, 0.3) is 0 Å². The van der Waals surface area contributed by atoms with Crippen LogP contribution < -0.4 is 0 Å². The van der Waals surface area contributed by atoms with Crippen LogP contribution in [0.2, 0.25) is 0 Å². The molecule has 0 unspecified atom stereocenters. The van der Waals surface area contributed by atoms with Gasteiger partial charge < -0.3 is 20.2 Å². The Kier molecular flexibility index (Phi) is 44.0. The molecule has 0 heterocycles. The molecule has 0 radical (unpaired) electrons. The van der Waals surface area contributed by atoms with Crippen LogP contribution in [-0.2, 0) is 13.6 Å². The minimum Gasteiger partial charge on any atom is -0.395 e. The molecule has 0 bridgehead atoms. The second-order valence-electron chi connectivity index (χ2n) is 13.3. The van der Waals surface area contributed by atoms with Crippen LogP contribution in [0.25, 0.3) is 0 Å². The van der Waals surface area contributed by atoms with Crippen LogP contribution in [0.15, 0.2) is 0 Å². The zero-order valence-corrected chi connectivity index (χ0v) is 32.3. The van der Waals surface area contributed by atoms with Crippen molar-refractivity contribution in [3.63, 3.8) is 0 Å². The summed E-state index contributed by atoms with van der Waals surface area (Å²) in [7, 11) is -3.87. The van der Waals surface area contributed by atoms with Crippen molar-refractivity contribution >= 4 is 7.82 Å². The Hall–Kier alpha value is -0.0500. The lowest BCUT2D eigenvalue weighted by Gasteiger charge is -2.17. The fraction of sp³-hybridized carbons (Fsp3) is 1.00. The Morgan fingerprint density at radius 2 is 0.617 bits per heavy atom. The van der Waals surface area contributed by atoms with E-state index in [1.165, 1.54) is 154 Å². The van der Waals surface area contributed by atoms with E-state index in [-0.39, 0.29) is 19.8 Å². The summed E-state index contributed by atoms with van der Waals surface area (Å²) in [5.74, 6) is 0. The van der Waals surface area contributed by atoms with Crippen LogP contribution >= 0.6 is 7.82 Å². The molecule has 0 saturated carbocycles. The van der Waals surface area contributed by atoms with Gasteiger partial charge in [-0.15, -0.1) is 0 Å². The molecular formula is C38H82NO7P. The third-order valence-corrected chi connectivity index (χ3v) is 9.77. The van der Waals surface area contributed by atoms with Crippen molar-refractivity contribution in [3.05, 3.63) is 0 Å². The van der Waals surface area contributed by atoms with Gasteiger partial charge in [0, 0.05) is 19.6 Å². The Bertz CT molecular complexity index is 562. The smallest absolute Gasteiger partial charge is 0.395 e. The van der Waals surface area contributed by atoms with Crippen LogP contribution in [0.3, 0.4) is 0 Å². The monoisotopic (exact) mass is 696 g/mol. The van der Waals surface area contributed by atoms with Crippen LogP contribution in [0, 0.1) is 0 Å². The molecule has 0 atom stereocenters. The number of phosphoric acid groups is 1. The molecule has 0 aromatic rings. The summed E-state index contributed by atoms with van der Waals surface area (Å²) in [4.78, 5) is 11.6. The summed E-state index contributed by atoms with van der Waals surface area (Å²) in [6, 6.07) is 0. The van der Waals surface area contributed by atoms with E-state index in [9.17, 15) is 9.46 Å². The standard InChI is InChI=1S/C32H67O4P.C6H15NO3/c1-3-5-7-9-11-13-15-17-19-21-23-25-27-29-31-35-37(33,34)36-32-30-28-26-24-22-20-18-16-14-12-10-8-6-4-2;8-4-1-7(2-5-9)3-6-10/h3-32H2,1-2H3,(H,33,34);8-10H,1-6H2. The molecule has 0 saturated heterocycles. The molecule has 0 spiro atoms. The highest BCUT2D eigenvalue weighted by molar-refractivity contribution is 7.47. The van der Waals surface area contributed by atoms with Gasteiger partial charge in [0.2, 0.25) is 0 Å². The Morgan fingerprint density at radius 3 is 0.830 bits per heavy atom. The zero-order valence-electron chi connectivity index (χ0n) is 31.4. The van der Waals surface area contributed by atoms with Crippen molar-refractivity contribution in [2.75, 3.05) is 52.7 Å². The summed E-state index contributed by atoms with van der Waals surface area (Å²) in [6.45, 7) is 6.95. The van der Waals surface area contributed by atoms with Gasteiger partial charge in [-0.25, -0.2) is 4.57 Å². The molecule has 0 fully saturated rings. The minimum atomic E-state index is -3.87. The summed E-state index contributed by atoms with van der Waals surface area (Å²) in [5, 5.41) is 25.5. The molecule has 47 heavy (non-hydrogen) atoms. The molecule has 8 nitrogen and oxygen atoms in total. The third-order valence-electron chi connectivity index (χ3n) is 8.75. The largest absolute Gasteiger partial charge is 0.472 e. The first kappa shape index (κ1) is 49.1. The highest BCUT2D eigenvalue weighted by atomic mass is 31.2. The lowest BCUT2D eigenvalue weighted by Crippen LogP contribution is -2.32. The highest BCUT2D eigenvalue weighted by Crippen LogP contribution is 2.43. The average molecular weight is 696 g/mol. The minimum absolute atomic E-state index is 0.0694. The predicted molar refractivity (Wildman–Crippen MR) is 200 cm³/mol. The number of aliphatic hydroxyl groups excluding tert-OH is 3. The SMILES string of the molecule is CCCCCCCCCCCCCCCCOP(=O)(O)OCCCCCCCCCCCCCCCC.OCCN(CCO)CCO. The summed E-state index contributed by atoms with van der Waals surface area (Å²) >= 11 is 0. The van der Waals surface area contributed by atoms with Crippen molar-refractivity contribution in [1.82, 2.24) is 4.90 Å². The number of hydrogen-bond donors (Lipinski definition) is 4. The summed E-state index contributed by atoms with van der Waals surface area (Å²) in [6.07, 6.45) is 36.4. The molecule has 0 aliphatic carbocycles. The van der Waals surface area contributed by atoms with E-state index in [0.717, 1.165) is 25.7 Å². The second kappa shape index (κ2) is 42.1. The quantitative estimate of drug-likeness (QED) is 0.0372. The van der Waals surface area contributed by atoms with Gasteiger partial charge in [0.05, 0.1) is 33.0 Å². The topological polar surface area (TPSA) is 120 Å². The number of rotatable bonds is 38. The van der Waals surface area contributed by atoms with Crippen molar-refractivity contribution < 1.29 is 33.8 Å². The van der Waals surface area contributed by atoms with Gasteiger partial charge in [-0.2, -0.15) is 0 Å². The van der Waals surface area contributed by atoms with Gasteiger partial charge in [-0.05, 0) is 12.8 Å². The highest BCUT2D eigenvalue weighted by Gasteiger charge is 2.19. The van der Waals surface area contributed by atoms with Gasteiger partial charge in [0.15, 0.2) is 0 Å². The zero-order chi connectivity index (χ0) is 34.9. The van der Waals surface area contributed by atoms with Crippen LogP contribution in [0.5, 0.6) is 0 Å². The normalized spacial score (nSPS) is 11.7. The van der Waals surface area contributed by atoms with E-state index in [4.69, 9.17) is 24.4 Å². The number of nitrogens with zero attached hydrogens (tertiary/aromatic N) is 1. The van der Waals surface area contributed by atoms with E-state index in [0.29, 0.717) is 32.8 Å². The molecule has 9 heteroatoms. The first-order valence-electron chi connectivity index (χ1n) is 20.1. The third kappa shape index (κ3) is 43.9. The lowest BCUT2D eigenvalue weighted by molar-refractivity contribution is 0.136. The summed E-state index contributed by atoms with van der Waals surface area (Å²) in [5.41, 5.74) is 0. The number of aliphatic hydroxyl groups is 3.